The molecule has 1 atom stereocenters. The summed E-state index contributed by atoms with van der Waals surface area (Å²) in [5, 5.41) is 2.92. The van der Waals surface area contributed by atoms with E-state index in [1.165, 1.54) is 0 Å². The van der Waals surface area contributed by atoms with Crippen molar-refractivity contribution in [2.24, 2.45) is 0 Å². The molecular formula is C24H21N3O2S. The molecule has 1 amide bonds. The van der Waals surface area contributed by atoms with E-state index >= 15 is 0 Å². The number of para-hydroxylation sites is 1. The quantitative estimate of drug-likeness (QED) is 0.481. The van der Waals surface area contributed by atoms with Gasteiger partial charge in [0.25, 0.3) is 5.91 Å². The van der Waals surface area contributed by atoms with Crippen LogP contribution in [0.2, 0.25) is 0 Å². The minimum atomic E-state index is -1.03. The molecule has 0 saturated heterocycles. The fourth-order valence-electron chi connectivity index (χ4n) is 3.19. The number of imidazole rings is 1. The number of carbonyl (C=O) groups excluding carboxylic acids is 1. The fraction of sp³-hybridized carbons (Fsp3) is 0.0833. The molecule has 150 valence electrons. The summed E-state index contributed by atoms with van der Waals surface area (Å²) in [6.45, 7) is 0. The van der Waals surface area contributed by atoms with Crippen LogP contribution in [0.4, 0.5) is 5.69 Å². The van der Waals surface area contributed by atoms with E-state index in [0.29, 0.717) is 22.9 Å². The Bertz CT molecular complexity index is 1160. The van der Waals surface area contributed by atoms with E-state index in [0.717, 1.165) is 16.8 Å². The highest BCUT2D eigenvalue weighted by Gasteiger charge is 2.14. The Morgan fingerprint density at radius 2 is 1.53 bits per heavy atom. The van der Waals surface area contributed by atoms with Gasteiger partial charge < -0.3 is 5.32 Å². The predicted octanol–water partition coefficient (Wildman–Crippen LogP) is 4.57. The number of hydrogen-bond donors (Lipinski definition) is 1. The average Bonchev–Trinajstić information content (AvgIpc) is 3.25. The molecule has 6 heteroatoms. The third-order valence-corrected chi connectivity index (χ3v) is 5.90. The minimum Gasteiger partial charge on any atom is -0.321 e. The summed E-state index contributed by atoms with van der Waals surface area (Å²) in [7, 11) is -1.03. The Labute approximate surface area is 177 Å². The Morgan fingerprint density at radius 1 is 0.867 bits per heavy atom. The van der Waals surface area contributed by atoms with Gasteiger partial charge in [-0.05, 0) is 35.4 Å². The first-order valence-corrected chi connectivity index (χ1v) is 11.0. The van der Waals surface area contributed by atoms with E-state index in [1.807, 2.05) is 84.9 Å². The lowest BCUT2D eigenvalue weighted by molar-refractivity contribution is 0.102. The molecule has 3 aromatic carbocycles. The third-order valence-electron chi connectivity index (χ3n) is 4.59. The van der Waals surface area contributed by atoms with Crippen molar-refractivity contribution < 1.29 is 9.00 Å². The monoisotopic (exact) mass is 415 g/mol. The van der Waals surface area contributed by atoms with Gasteiger partial charge in [0.15, 0.2) is 0 Å². The standard InChI is InChI=1S/C24H21N3O2S/c28-24(23-15-25-18-27(23)22-12-5-2-6-13-22)26-21-11-7-10-20(14-21)17-30(29)16-19-8-3-1-4-9-19/h1-15,18H,16-17H2,(H,26,28). The van der Waals surface area contributed by atoms with Gasteiger partial charge in [-0.15, -0.1) is 0 Å². The molecule has 0 spiro atoms. The molecule has 4 rings (SSSR count). The van der Waals surface area contributed by atoms with Crippen molar-refractivity contribution in [2.45, 2.75) is 11.5 Å². The Kier molecular flexibility index (Phi) is 6.15. The maximum atomic E-state index is 12.8. The van der Waals surface area contributed by atoms with Gasteiger partial charge in [0.2, 0.25) is 0 Å². The molecule has 0 fully saturated rings. The second-order valence-electron chi connectivity index (χ2n) is 6.85. The number of aromatic nitrogens is 2. The van der Waals surface area contributed by atoms with Crippen molar-refractivity contribution in [3.05, 3.63) is 114 Å². The number of anilines is 1. The maximum absolute atomic E-state index is 12.8. The van der Waals surface area contributed by atoms with Crippen molar-refractivity contribution in [3.8, 4) is 5.69 Å². The van der Waals surface area contributed by atoms with Gasteiger partial charge in [-0.25, -0.2) is 4.98 Å². The smallest absolute Gasteiger partial charge is 0.274 e. The number of nitrogens with one attached hydrogen (secondary N) is 1. The van der Waals surface area contributed by atoms with Gasteiger partial charge in [0.05, 0.1) is 12.5 Å². The van der Waals surface area contributed by atoms with Crippen molar-refractivity contribution in [2.75, 3.05) is 5.32 Å². The van der Waals surface area contributed by atoms with E-state index in [4.69, 9.17) is 0 Å². The SMILES string of the molecule is O=C(Nc1cccc(CS(=O)Cc2ccccc2)c1)c1cncn1-c1ccccc1. The van der Waals surface area contributed by atoms with Gasteiger partial charge in [0, 0.05) is 33.7 Å². The first-order valence-electron chi connectivity index (χ1n) is 9.56. The number of carbonyl (C=O) groups is 1. The lowest BCUT2D eigenvalue weighted by atomic mass is 10.2. The highest BCUT2D eigenvalue weighted by Crippen LogP contribution is 2.17. The van der Waals surface area contributed by atoms with E-state index < -0.39 is 10.8 Å². The van der Waals surface area contributed by atoms with Crippen LogP contribution in [-0.2, 0) is 22.3 Å². The molecular weight excluding hydrogens is 394 g/mol. The van der Waals surface area contributed by atoms with Gasteiger partial charge in [0.1, 0.15) is 5.69 Å². The molecule has 0 aliphatic heterocycles. The summed E-state index contributed by atoms with van der Waals surface area (Å²) >= 11 is 0. The highest BCUT2D eigenvalue weighted by molar-refractivity contribution is 7.83. The molecule has 5 nitrogen and oxygen atoms in total. The van der Waals surface area contributed by atoms with Crippen LogP contribution in [0, 0.1) is 0 Å². The predicted molar refractivity (Wildman–Crippen MR) is 120 cm³/mol. The number of benzene rings is 3. The Hall–Kier alpha value is -3.51. The number of nitrogens with zero attached hydrogens (tertiary/aromatic N) is 2. The molecule has 30 heavy (non-hydrogen) atoms. The van der Waals surface area contributed by atoms with E-state index in [2.05, 4.69) is 10.3 Å². The minimum absolute atomic E-state index is 0.251. The number of rotatable bonds is 7. The van der Waals surface area contributed by atoms with Crippen molar-refractivity contribution in [3.63, 3.8) is 0 Å². The van der Waals surface area contributed by atoms with Gasteiger partial charge in [-0.2, -0.15) is 0 Å². The van der Waals surface area contributed by atoms with Crippen molar-refractivity contribution in [1.82, 2.24) is 9.55 Å². The summed E-state index contributed by atoms with van der Waals surface area (Å²) < 4.78 is 14.3. The topological polar surface area (TPSA) is 64.0 Å². The van der Waals surface area contributed by atoms with Crippen LogP contribution in [-0.4, -0.2) is 19.7 Å². The third kappa shape index (κ3) is 4.90. The van der Waals surface area contributed by atoms with Gasteiger partial charge in [-0.3, -0.25) is 13.6 Å². The highest BCUT2D eigenvalue weighted by atomic mass is 32.2. The van der Waals surface area contributed by atoms with Crippen LogP contribution in [0.1, 0.15) is 21.6 Å². The molecule has 0 radical (unpaired) electrons. The summed E-state index contributed by atoms with van der Waals surface area (Å²) in [6, 6.07) is 26.9. The maximum Gasteiger partial charge on any atom is 0.274 e. The zero-order valence-electron chi connectivity index (χ0n) is 16.3. The second-order valence-corrected chi connectivity index (χ2v) is 8.31. The molecule has 0 aliphatic rings. The van der Waals surface area contributed by atoms with Crippen LogP contribution in [0.15, 0.2) is 97.5 Å². The summed E-state index contributed by atoms with van der Waals surface area (Å²) in [5.41, 5.74) is 3.94. The van der Waals surface area contributed by atoms with Crippen LogP contribution in [0.5, 0.6) is 0 Å². The Morgan fingerprint density at radius 3 is 2.30 bits per heavy atom. The first kappa shape index (κ1) is 19.8. The lowest BCUT2D eigenvalue weighted by Gasteiger charge is -2.10. The molecule has 1 heterocycles. The molecule has 1 N–H and O–H groups in total. The van der Waals surface area contributed by atoms with E-state index in [-0.39, 0.29) is 5.91 Å². The van der Waals surface area contributed by atoms with Crippen molar-refractivity contribution >= 4 is 22.4 Å². The molecule has 1 aromatic heterocycles. The van der Waals surface area contributed by atoms with Crippen LogP contribution < -0.4 is 5.32 Å². The zero-order chi connectivity index (χ0) is 20.8. The summed E-state index contributed by atoms with van der Waals surface area (Å²) in [4.78, 5) is 16.9. The number of amides is 1. The summed E-state index contributed by atoms with van der Waals surface area (Å²) in [5.74, 6) is 0.688. The lowest BCUT2D eigenvalue weighted by Crippen LogP contribution is -2.16. The number of hydrogen-bond acceptors (Lipinski definition) is 3. The average molecular weight is 416 g/mol. The second kappa shape index (κ2) is 9.33. The summed E-state index contributed by atoms with van der Waals surface area (Å²) in [6.07, 6.45) is 3.16. The van der Waals surface area contributed by atoms with Crippen LogP contribution in [0.25, 0.3) is 5.69 Å². The van der Waals surface area contributed by atoms with E-state index in [9.17, 15) is 9.00 Å². The molecule has 0 bridgehead atoms. The van der Waals surface area contributed by atoms with E-state index in [1.54, 1.807) is 17.1 Å². The van der Waals surface area contributed by atoms with Crippen LogP contribution >= 0.6 is 0 Å². The molecule has 4 aromatic rings. The molecule has 1 unspecified atom stereocenters. The first-order chi connectivity index (χ1) is 14.7. The fourth-order valence-corrected chi connectivity index (χ4v) is 4.41. The Balaban J connectivity index is 1.44. The van der Waals surface area contributed by atoms with Gasteiger partial charge in [-0.1, -0.05) is 60.7 Å². The molecule has 0 aliphatic carbocycles. The zero-order valence-corrected chi connectivity index (χ0v) is 17.1. The van der Waals surface area contributed by atoms with Crippen molar-refractivity contribution in [1.29, 1.82) is 0 Å². The largest absolute Gasteiger partial charge is 0.321 e. The normalized spacial score (nSPS) is 11.7. The van der Waals surface area contributed by atoms with Gasteiger partial charge >= 0.3 is 0 Å². The molecule has 0 saturated carbocycles. The van der Waals surface area contributed by atoms with Crippen LogP contribution in [0.3, 0.4) is 0 Å².